The summed E-state index contributed by atoms with van der Waals surface area (Å²) in [5.74, 6) is 0.922. The Kier molecular flexibility index (Phi) is 5.71. The maximum atomic E-state index is 12.0. The summed E-state index contributed by atoms with van der Waals surface area (Å²) in [7, 11) is 0. The molecule has 1 fully saturated rings. The Morgan fingerprint density at radius 2 is 2.13 bits per heavy atom. The lowest BCUT2D eigenvalue weighted by atomic mass is 10.2. The van der Waals surface area contributed by atoms with Crippen molar-refractivity contribution in [1.29, 1.82) is 0 Å². The molecule has 2 aromatic heterocycles. The molecule has 0 spiro atoms. The van der Waals surface area contributed by atoms with Gasteiger partial charge in [-0.3, -0.25) is 4.90 Å². The number of amides is 2. The van der Waals surface area contributed by atoms with Gasteiger partial charge in [-0.05, 0) is 55.9 Å². The summed E-state index contributed by atoms with van der Waals surface area (Å²) in [5, 5.41) is 7.95. The van der Waals surface area contributed by atoms with Crippen LogP contribution in [0.5, 0.6) is 0 Å². The smallest absolute Gasteiger partial charge is 0.314 e. The fraction of sp³-hybridized carbons (Fsp3) is 0.471. The zero-order valence-electron chi connectivity index (χ0n) is 13.2. The monoisotopic (exact) mass is 333 g/mol. The summed E-state index contributed by atoms with van der Waals surface area (Å²) >= 11 is 1.72. The molecule has 6 heteroatoms. The summed E-state index contributed by atoms with van der Waals surface area (Å²) < 4.78 is 5.56. The number of furan rings is 1. The van der Waals surface area contributed by atoms with Gasteiger partial charge >= 0.3 is 6.03 Å². The van der Waals surface area contributed by atoms with E-state index in [-0.39, 0.29) is 12.1 Å². The van der Waals surface area contributed by atoms with Crippen molar-refractivity contribution in [1.82, 2.24) is 15.5 Å². The molecule has 0 unspecified atom stereocenters. The molecule has 0 aromatic carbocycles. The first kappa shape index (κ1) is 16.1. The molecule has 3 heterocycles. The third-order valence-corrected chi connectivity index (χ3v) is 5.08. The average Bonchev–Trinajstić information content (AvgIpc) is 3.31. The SMILES string of the molecule is O=C(NCCc1cccs1)NC[C@@H](c1ccco1)N1CCCC1. The van der Waals surface area contributed by atoms with Crippen molar-refractivity contribution in [2.24, 2.45) is 0 Å². The molecule has 2 N–H and O–H groups in total. The molecular weight excluding hydrogens is 310 g/mol. The standard InChI is InChI=1S/C17H23N3O2S/c21-17(18-8-7-14-5-4-12-23-14)19-13-15(16-6-3-11-22-16)20-9-1-2-10-20/h3-6,11-12,15H,1-2,7-10,13H2,(H2,18,19,21)/t15-/m0/s1. The molecule has 0 saturated carbocycles. The molecule has 0 bridgehead atoms. The van der Waals surface area contributed by atoms with Crippen LogP contribution in [0, 0.1) is 0 Å². The number of hydrogen-bond acceptors (Lipinski definition) is 4. The number of urea groups is 1. The highest BCUT2D eigenvalue weighted by molar-refractivity contribution is 7.09. The quantitative estimate of drug-likeness (QED) is 0.819. The van der Waals surface area contributed by atoms with Crippen LogP contribution in [-0.2, 0) is 6.42 Å². The maximum absolute atomic E-state index is 12.0. The first-order valence-corrected chi connectivity index (χ1v) is 9.02. The highest BCUT2D eigenvalue weighted by atomic mass is 32.1. The molecule has 1 aliphatic rings. The second-order valence-corrected chi connectivity index (χ2v) is 6.77. The van der Waals surface area contributed by atoms with Crippen molar-refractivity contribution >= 4 is 17.4 Å². The third-order valence-electron chi connectivity index (χ3n) is 4.15. The molecule has 124 valence electrons. The second kappa shape index (κ2) is 8.17. The minimum atomic E-state index is -0.114. The van der Waals surface area contributed by atoms with E-state index in [1.807, 2.05) is 18.2 Å². The number of nitrogens with one attached hydrogen (secondary N) is 2. The van der Waals surface area contributed by atoms with E-state index < -0.39 is 0 Å². The van der Waals surface area contributed by atoms with E-state index in [0.717, 1.165) is 25.3 Å². The topological polar surface area (TPSA) is 57.5 Å². The molecular formula is C17H23N3O2S. The second-order valence-electron chi connectivity index (χ2n) is 5.74. The van der Waals surface area contributed by atoms with Crippen LogP contribution in [0.4, 0.5) is 4.79 Å². The van der Waals surface area contributed by atoms with Crippen molar-refractivity contribution in [3.8, 4) is 0 Å². The van der Waals surface area contributed by atoms with Gasteiger partial charge in [0.1, 0.15) is 5.76 Å². The molecule has 5 nitrogen and oxygen atoms in total. The van der Waals surface area contributed by atoms with Crippen LogP contribution >= 0.6 is 11.3 Å². The largest absolute Gasteiger partial charge is 0.468 e. The van der Waals surface area contributed by atoms with E-state index in [4.69, 9.17) is 4.42 Å². The molecule has 1 aliphatic heterocycles. The Morgan fingerprint density at radius 1 is 1.26 bits per heavy atom. The summed E-state index contributed by atoms with van der Waals surface area (Å²) in [6.45, 7) is 3.35. The first-order chi connectivity index (χ1) is 11.3. The lowest BCUT2D eigenvalue weighted by Crippen LogP contribution is -2.42. The van der Waals surface area contributed by atoms with E-state index in [1.165, 1.54) is 17.7 Å². The minimum Gasteiger partial charge on any atom is -0.468 e. The van der Waals surface area contributed by atoms with Gasteiger partial charge in [0.25, 0.3) is 0 Å². The normalized spacial score (nSPS) is 16.3. The number of likely N-dealkylation sites (tertiary alicyclic amines) is 1. The van der Waals surface area contributed by atoms with E-state index in [1.54, 1.807) is 17.6 Å². The molecule has 2 aromatic rings. The number of rotatable bonds is 7. The lowest BCUT2D eigenvalue weighted by molar-refractivity contribution is 0.203. The predicted octanol–water partition coefficient (Wildman–Crippen LogP) is 3.02. The van der Waals surface area contributed by atoms with Gasteiger partial charge in [0.2, 0.25) is 0 Å². The summed E-state index contributed by atoms with van der Waals surface area (Å²) in [6.07, 6.45) is 4.99. The van der Waals surface area contributed by atoms with Crippen molar-refractivity contribution in [3.05, 3.63) is 46.5 Å². The van der Waals surface area contributed by atoms with Gasteiger partial charge in [0, 0.05) is 18.0 Å². The summed E-state index contributed by atoms with van der Waals surface area (Å²) in [4.78, 5) is 15.7. The van der Waals surface area contributed by atoms with Gasteiger partial charge in [0.15, 0.2) is 0 Å². The lowest BCUT2D eigenvalue weighted by Gasteiger charge is -2.26. The van der Waals surface area contributed by atoms with Gasteiger partial charge in [-0.25, -0.2) is 4.79 Å². The van der Waals surface area contributed by atoms with Crippen LogP contribution in [0.25, 0.3) is 0 Å². The Hall–Kier alpha value is -1.79. The highest BCUT2D eigenvalue weighted by Crippen LogP contribution is 2.24. The first-order valence-electron chi connectivity index (χ1n) is 8.14. The van der Waals surface area contributed by atoms with E-state index >= 15 is 0 Å². The fourth-order valence-electron chi connectivity index (χ4n) is 2.95. The Bertz CT molecular complexity index is 577. The van der Waals surface area contributed by atoms with Gasteiger partial charge in [-0.2, -0.15) is 0 Å². The molecule has 0 aliphatic carbocycles. The third kappa shape index (κ3) is 4.59. The molecule has 2 amide bonds. The molecule has 3 rings (SSSR count). The minimum absolute atomic E-state index is 0.114. The zero-order valence-corrected chi connectivity index (χ0v) is 14.0. The van der Waals surface area contributed by atoms with Crippen molar-refractivity contribution in [2.75, 3.05) is 26.2 Å². The average molecular weight is 333 g/mol. The number of carbonyl (C=O) groups is 1. The molecule has 23 heavy (non-hydrogen) atoms. The van der Waals surface area contributed by atoms with Crippen LogP contribution in [0.3, 0.4) is 0 Å². The van der Waals surface area contributed by atoms with Gasteiger partial charge in [0.05, 0.1) is 12.3 Å². The van der Waals surface area contributed by atoms with Crippen LogP contribution in [-0.4, -0.2) is 37.1 Å². The van der Waals surface area contributed by atoms with Gasteiger partial charge in [-0.15, -0.1) is 11.3 Å². The highest BCUT2D eigenvalue weighted by Gasteiger charge is 2.25. The summed E-state index contributed by atoms with van der Waals surface area (Å²) in [5.41, 5.74) is 0. The molecule has 0 radical (unpaired) electrons. The summed E-state index contributed by atoms with van der Waals surface area (Å²) in [6, 6.07) is 8.01. The molecule has 1 atom stereocenters. The van der Waals surface area contributed by atoms with Crippen LogP contribution < -0.4 is 10.6 Å². The van der Waals surface area contributed by atoms with Crippen LogP contribution in [0.15, 0.2) is 40.3 Å². The van der Waals surface area contributed by atoms with Crippen molar-refractivity contribution < 1.29 is 9.21 Å². The number of hydrogen-bond donors (Lipinski definition) is 2. The Balaban J connectivity index is 1.45. The molecule has 1 saturated heterocycles. The van der Waals surface area contributed by atoms with E-state index in [0.29, 0.717) is 13.1 Å². The number of thiophene rings is 1. The van der Waals surface area contributed by atoms with Gasteiger partial charge in [-0.1, -0.05) is 6.07 Å². The van der Waals surface area contributed by atoms with Crippen LogP contribution in [0.2, 0.25) is 0 Å². The number of carbonyl (C=O) groups excluding carboxylic acids is 1. The predicted molar refractivity (Wildman–Crippen MR) is 91.7 cm³/mol. The Labute approximate surface area is 140 Å². The number of nitrogens with zero attached hydrogens (tertiary/aromatic N) is 1. The van der Waals surface area contributed by atoms with Crippen molar-refractivity contribution in [3.63, 3.8) is 0 Å². The van der Waals surface area contributed by atoms with Crippen molar-refractivity contribution in [2.45, 2.75) is 25.3 Å². The maximum Gasteiger partial charge on any atom is 0.314 e. The van der Waals surface area contributed by atoms with Crippen LogP contribution in [0.1, 0.15) is 29.5 Å². The Morgan fingerprint density at radius 3 is 2.83 bits per heavy atom. The van der Waals surface area contributed by atoms with E-state index in [2.05, 4.69) is 27.0 Å². The van der Waals surface area contributed by atoms with E-state index in [9.17, 15) is 4.79 Å². The van der Waals surface area contributed by atoms with Gasteiger partial charge < -0.3 is 15.1 Å². The fourth-order valence-corrected chi connectivity index (χ4v) is 3.66. The zero-order chi connectivity index (χ0) is 15.9.